The molecule has 3 heteroatoms. The molecule has 3 nitrogen and oxygen atoms in total. The van der Waals surface area contributed by atoms with Gasteiger partial charge in [-0.25, -0.2) is 4.98 Å². The molecule has 0 aromatic carbocycles. The first-order valence-corrected chi connectivity index (χ1v) is 6.93. The van der Waals surface area contributed by atoms with E-state index in [-0.39, 0.29) is 0 Å². The lowest BCUT2D eigenvalue weighted by Gasteiger charge is -2.27. The molecule has 1 rings (SSSR count). The molecule has 0 saturated heterocycles. The van der Waals surface area contributed by atoms with Gasteiger partial charge in [0.15, 0.2) is 0 Å². The second-order valence-corrected chi connectivity index (χ2v) is 5.39. The van der Waals surface area contributed by atoms with Crippen molar-refractivity contribution in [3.63, 3.8) is 0 Å². The average molecular weight is 249 g/mol. The van der Waals surface area contributed by atoms with Crippen LogP contribution in [-0.2, 0) is 6.54 Å². The number of hydrogen-bond donors (Lipinski definition) is 1. The summed E-state index contributed by atoms with van der Waals surface area (Å²) in [6, 6.07) is 4.78. The second kappa shape index (κ2) is 7.37. The Morgan fingerprint density at radius 1 is 1.33 bits per heavy atom. The Kier molecular flexibility index (Phi) is 6.13. The summed E-state index contributed by atoms with van der Waals surface area (Å²) < 4.78 is 0. The van der Waals surface area contributed by atoms with Crippen molar-refractivity contribution in [1.82, 2.24) is 10.3 Å². The lowest BCUT2D eigenvalue weighted by atomic mass is 10.0. The summed E-state index contributed by atoms with van der Waals surface area (Å²) in [5.74, 6) is 1.78. The predicted molar refractivity (Wildman–Crippen MR) is 78.9 cm³/mol. The Labute approximate surface area is 112 Å². The molecule has 102 valence electrons. The minimum Gasteiger partial charge on any atom is -0.357 e. The van der Waals surface area contributed by atoms with E-state index in [1.165, 1.54) is 12.0 Å². The monoisotopic (exact) mass is 249 g/mol. The van der Waals surface area contributed by atoms with Gasteiger partial charge in [-0.3, -0.25) is 0 Å². The Morgan fingerprint density at radius 3 is 2.67 bits per heavy atom. The van der Waals surface area contributed by atoms with Crippen molar-refractivity contribution in [1.29, 1.82) is 0 Å². The van der Waals surface area contributed by atoms with Crippen LogP contribution in [0.4, 0.5) is 5.82 Å². The standard InChI is InChI=1S/C15H27N3/c1-6-16-11-14-7-8-17-15(10-14)18(5)13(4)9-12(2)3/h7-8,10,12-13,16H,6,9,11H2,1-5H3. The predicted octanol–water partition coefficient (Wildman–Crippen LogP) is 3.06. The lowest BCUT2D eigenvalue weighted by Crippen LogP contribution is -2.30. The maximum Gasteiger partial charge on any atom is 0.128 e. The summed E-state index contributed by atoms with van der Waals surface area (Å²) in [4.78, 5) is 6.75. The first-order valence-electron chi connectivity index (χ1n) is 6.93. The average Bonchev–Trinajstić information content (AvgIpc) is 2.35. The summed E-state index contributed by atoms with van der Waals surface area (Å²) in [6.45, 7) is 10.8. The van der Waals surface area contributed by atoms with Crippen molar-refractivity contribution in [2.45, 2.75) is 46.7 Å². The molecule has 1 heterocycles. The minimum atomic E-state index is 0.520. The van der Waals surface area contributed by atoms with Gasteiger partial charge < -0.3 is 10.2 Å². The highest BCUT2D eigenvalue weighted by Gasteiger charge is 2.12. The molecule has 0 aliphatic heterocycles. The van der Waals surface area contributed by atoms with E-state index in [1.54, 1.807) is 0 Å². The second-order valence-electron chi connectivity index (χ2n) is 5.39. The van der Waals surface area contributed by atoms with Crippen LogP contribution in [0.5, 0.6) is 0 Å². The molecule has 0 radical (unpaired) electrons. The zero-order valence-corrected chi connectivity index (χ0v) is 12.4. The highest BCUT2D eigenvalue weighted by molar-refractivity contribution is 5.41. The SMILES string of the molecule is CCNCc1ccnc(N(C)C(C)CC(C)C)c1. The summed E-state index contributed by atoms with van der Waals surface area (Å²) >= 11 is 0. The van der Waals surface area contributed by atoms with Crippen LogP contribution in [0.1, 0.15) is 39.7 Å². The molecule has 0 bridgehead atoms. The summed E-state index contributed by atoms with van der Waals surface area (Å²) in [6.07, 6.45) is 3.09. The fraction of sp³-hybridized carbons (Fsp3) is 0.667. The smallest absolute Gasteiger partial charge is 0.128 e. The first-order chi connectivity index (χ1) is 8.54. The Hall–Kier alpha value is -1.09. The fourth-order valence-electron chi connectivity index (χ4n) is 2.10. The van der Waals surface area contributed by atoms with Gasteiger partial charge in [0.05, 0.1) is 0 Å². The zero-order chi connectivity index (χ0) is 13.5. The molecule has 1 aromatic heterocycles. The summed E-state index contributed by atoms with van der Waals surface area (Å²) in [5.41, 5.74) is 1.30. The molecule has 0 spiro atoms. The third-order valence-electron chi connectivity index (χ3n) is 3.22. The van der Waals surface area contributed by atoms with Crippen LogP contribution in [0.25, 0.3) is 0 Å². The third kappa shape index (κ3) is 4.65. The van der Waals surface area contributed by atoms with E-state index in [0.29, 0.717) is 12.0 Å². The van der Waals surface area contributed by atoms with E-state index in [2.05, 4.69) is 62.1 Å². The van der Waals surface area contributed by atoms with Gasteiger partial charge in [0.2, 0.25) is 0 Å². The third-order valence-corrected chi connectivity index (χ3v) is 3.22. The topological polar surface area (TPSA) is 28.2 Å². The largest absolute Gasteiger partial charge is 0.357 e. The van der Waals surface area contributed by atoms with Gasteiger partial charge >= 0.3 is 0 Å². The molecule has 0 amide bonds. The van der Waals surface area contributed by atoms with E-state index >= 15 is 0 Å². The maximum atomic E-state index is 4.47. The van der Waals surface area contributed by atoms with Crippen LogP contribution in [0, 0.1) is 5.92 Å². The van der Waals surface area contributed by atoms with Crippen molar-refractivity contribution in [2.24, 2.45) is 5.92 Å². The van der Waals surface area contributed by atoms with Crippen molar-refractivity contribution in [2.75, 3.05) is 18.5 Å². The summed E-state index contributed by atoms with van der Waals surface area (Å²) in [7, 11) is 2.13. The molecular formula is C15H27N3. The van der Waals surface area contributed by atoms with Gasteiger partial charge in [-0.05, 0) is 43.5 Å². The van der Waals surface area contributed by atoms with Crippen LogP contribution in [0.3, 0.4) is 0 Å². The van der Waals surface area contributed by atoms with Crippen LogP contribution in [-0.4, -0.2) is 24.6 Å². The van der Waals surface area contributed by atoms with Gasteiger partial charge in [0, 0.05) is 25.8 Å². The first kappa shape index (κ1) is 15.0. The van der Waals surface area contributed by atoms with E-state index in [0.717, 1.165) is 18.9 Å². The molecule has 0 saturated carbocycles. The molecule has 1 N–H and O–H groups in total. The number of nitrogens with one attached hydrogen (secondary N) is 1. The number of aromatic nitrogens is 1. The van der Waals surface area contributed by atoms with Crippen molar-refractivity contribution >= 4 is 5.82 Å². The van der Waals surface area contributed by atoms with Gasteiger partial charge in [-0.15, -0.1) is 0 Å². The van der Waals surface area contributed by atoms with Crippen molar-refractivity contribution < 1.29 is 0 Å². The van der Waals surface area contributed by atoms with Crippen LogP contribution in [0.2, 0.25) is 0 Å². The van der Waals surface area contributed by atoms with Crippen molar-refractivity contribution in [3.05, 3.63) is 23.9 Å². The quantitative estimate of drug-likeness (QED) is 0.805. The number of anilines is 1. The number of rotatable bonds is 7. The highest BCUT2D eigenvalue weighted by Crippen LogP contribution is 2.17. The fourth-order valence-corrected chi connectivity index (χ4v) is 2.10. The number of pyridine rings is 1. The van der Waals surface area contributed by atoms with E-state index in [4.69, 9.17) is 0 Å². The Morgan fingerprint density at radius 2 is 2.06 bits per heavy atom. The van der Waals surface area contributed by atoms with Gasteiger partial charge in [-0.2, -0.15) is 0 Å². The van der Waals surface area contributed by atoms with Gasteiger partial charge in [0.1, 0.15) is 5.82 Å². The van der Waals surface area contributed by atoms with Gasteiger partial charge in [-0.1, -0.05) is 20.8 Å². The summed E-state index contributed by atoms with van der Waals surface area (Å²) in [5, 5.41) is 3.35. The van der Waals surface area contributed by atoms with E-state index in [9.17, 15) is 0 Å². The van der Waals surface area contributed by atoms with Crippen molar-refractivity contribution in [3.8, 4) is 0 Å². The molecule has 1 unspecified atom stereocenters. The molecule has 0 aliphatic rings. The number of hydrogen-bond acceptors (Lipinski definition) is 3. The van der Waals surface area contributed by atoms with Crippen LogP contribution < -0.4 is 10.2 Å². The molecule has 0 aliphatic carbocycles. The Balaban J connectivity index is 2.69. The van der Waals surface area contributed by atoms with E-state index < -0.39 is 0 Å². The van der Waals surface area contributed by atoms with E-state index in [1.807, 2.05) is 6.20 Å². The molecule has 1 atom stereocenters. The lowest BCUT2D eigenvalue weighted by molar-refractivity contribution is 0.502. The Bertz CT molecular complexity index is 349. The molecule has 18 heavy (non-hydrogen) atoms. The minimum absolute atomic E-state index is 0.520. The van der Waals surface area contributed by atoms with Gasteiger partial charge in [0.25, 0.3) is 0 Å². The number of nitrogens with zero attached hydrogens (tertiary/aromatic N) is 2. The molecule has 1 aromatic rings. The zero-order valence-electron chi connectivity index (χ0n) is 12.4. The normalized spacial score (nSPS) is 12.8. The van der Waals surface area contributed by atoms with Crippen LogP contribution in [0.15, 0.2) is 18.3 Å². The molecule has 0 fully saturated rings. The highest BCUT2D eigenvalue weighted by atomic mass is 15.2. The molecular weight excluding hydrogens is 222 g/mol. The van der Waals surface area contributed by atoms with Crippen LogP contribution >= 0.6 is 0 Å². The maximum absolute atomic E-state index is 4.47.